The summed E-state index contributed by atoms with van der Waals surface area (Å²) >= 11 is 5.93. The molecule has 0 bridgehead atoms. The van der Waals surface area contributed by atoms with Gasteiger partial charge in [0.2, 0.25) is 0 Å². The van der Waals surface area contributed by atoms with Gasteiger partial charge in [0.1, 0.15) is 0 Å². The number of fused-ring (bicyclic) bond motifs is 1. The lowest BCUT2D eigenvalue weighted by molar-refractivity contribution is 0.639. The number of hydrogen-bond donors (Lipinski definition) is 0. The Morgan fingerprint density at radius 2 is 2.00 bits per heavy atom. The maximum absolute atomic E-state index is 5.93. The largest absolute Gasteiger partial charge is 0.374 e. The molecule has 2 rings (SSSR count). The Bertz CT molecular complexity index is 537. The van der Waals surface area contributed by atoms with Gasteiger partial charge in [0.15, 0.2) is 0 Å². The minimum absolute atomic E-state index is 0.452. The van der Waals surface area contributed by atoms with Crippen LogP contribution in [0, 0.1) is 5.92 Å². The fourth-order valence-corrected chi connectivity index (χ4v) is 2.38. The van der Waals surface area contributed by atoms with Crippen molar-refractivity contribution in [2.75, 3.05) is 18.5 Å². The third-order valence-corrected chi connectivity index (χ3v) is 3.21. The van der Waals surface area contributed by atoms with Crippen LogP contribution in [0.5, 0.6) is 0 Å². The Morgan fingerprint density at radius 1 is 1.28 bits per heavy atom. The molecule has 0 amide bonds. The Balaban J connectivity index is 2.53. The molecule has 0 saturated carbocycles. The number of hydrogen-bond acceptors (Lipinski definition) is 2. The van der Waals surface area contributed by atoms with Crippen LogP contribution in [-0.4, -0.2) is 18.6 Å². The number of benzene rings is 1. The molecule has 0 saturated heterocycles. The van der Waals surface area contributed by atoms with Crippen molar-refractivity contribution in [1.29, 1.82) is 0 Å². The number of rotatable bonds is 4. The molecule has 0 spiro atoms. The maximum Gasteiger partial charge on any atom is 0.0726 e. The van der Waals surface area contributed by atoms with Crippen molar-refractivity contribution in [3.63, 3.8) is 0 Å². The zero-order chi connectivity index (χ0) is 13.1. The van der Waals surface area contributed by atoms with Crippen LogP contribution in [0.3, 0.4) is 0 Å². The lowest BCUT2D eigenvalue weighted by Gasteiger charge is -2.23. The van der Waals surface area contributed by atoms with Crippen LogP contribution in [0.25, 0.3) is 10.9 Å². The average Bonchev–Trinajstić information content (AvgIpc) is 2.36. The van der Waals surface area contributed by atoms with E-state index in [2.05, 4.69) is 49.0 Å². The van der Waals surface area contributed by atoms with Gasteiger partial charge in [-0.25, -0.2) is 0 Å². The van der Waals surface area contributed by atoms with E-state index >= 15 is 0 Å². The van der Waals surface area contributed by atoms with Gasteiger partial charge < -0.3 is 4.90 Å². The molecule has 2 nitrogen and oxygen atoms in total. The highest BCUT2D eigenvalue weighted by molar-refractivity contribution is 6.17. The number of para-hydroxylation sites is 1. The van der Waals surface area contributed by atoms with Gasteiger partial charge in [-0.2, -0.15) is 0 Å². The quantitative estimate of drug-likeness (QED) is 0.773. The molecule has 2 aromatic rings. The standard InChI is InChI=1S/C15H19ClN2/c1-11(2)10-18(3)15-8-12(9-16)17-14-7-5-4-6-13(14)15/h4-8,11H,9-10H2,1-3H3. The molecule has 0 unspecified atom stereocenters. The van der Waals surface area contributed by atoms with Gasteiger partial charge in [0.25, 0.3) is 0 Å². The SMILES string of the molecule is CC(C)CN(C)c1cc(CCl)nc2ccccc12. The van der Waals surface area contributed by atoms with Gasteiger partial charge in [0.05, 0.1) is 17.1 Å². The Labute approximate surface area is 114 Å². The summed E-state index contributed by atoms with van der Waals surface area (Å²) in [7, 11) is 2.12. The Hall–Kier alpha value is -1.28. The van der Waals surface area contributed by atoms with Crippen LogP contribution in [0.1, 0.15) is 19.5 Å². The van der Waals surface area contributed by atoms with Crippen LogP contribution in [0.4, 0.5) is 5.69 Å². The first-order valence-corrected chi connectivity index (χ1v) is 6.81. The third-order valence-electron chi connectivity index (χ3n) is 2.93. The van der Waals surface area contributed by atoms with Gasteiger partial charge in [-0.3, -0.25) is 4.98 Å². The fraction of sp³-hybridized carbons (Fsp3) is 0.400. The first-order chi connectivity index (χ1) is 8.61. The number of nitrogens with zero attached hydrogens (tertiary/aromatic N) is 2. The highest BCUT2D eigenvalue weighted by atomic mass is 35.5. The molecular formula is C15H19ClN2. The number of halogens is 1. The van der Waals surface area contributed by atoms with E-state index in [0.29, 0.717) is 11.8 Å². The van der Waals surface area contributed by atoms with Crippen molar-refractivity contribution >= 4 is 28.2 Å². The van der Waals surface area contributed by atoms with E-state index < -0.39 is 0 Å². The van der Waals surface area contributed by atoms with Crippen molar-refractivity contribution in [3.8, 4) is 0 Å². The highest BCUT2D eigenvalue weighted by Gasteiger charge is 2.10. The third kappa shape index (κ3) is 2.75. The zero-order valence-electron chi connectivity index (χ0n) is 11.2. The van der Waals surface area contributed by atoms with Crippen molar-refractivity contribution in [1.82, 2.24) is 4.98 Å². The van der Waals surface area contributed by atoms with Crippen LogP contribution in [-0.2, 0) is 5.88 Å². The topological polar surface area (TPSA) is 16.1 Å². The molecule has 1 aromatic heterocycles. The average molecular weight is 263 g/mol. The predicted octanol–water partition coefficient (Wildman–Crippen LogP) is 4.07. The van der Waals surface area contributed by atoms with Crippen LogP contribution >= 0.6 is 11.6 Å². The maximum atomic E-state index is 5.93. The molecule has 0 atom stereocenters. The first-order valence-electron chi connectivity index (χ1n) is 6.27. The van der Waals surface area contributed by atoms with E-state index in [1.165, 1.54) is 11.1 Å². The number of alkyl halides is 1. The van der Waals surface area contributed by atoms with E-state index in [-0.39, 0.29) is 0 Å². The van der Waals surface area contributed by atoms with E-state index in [0.717, 1.165) is 17.8 Å². The molecule has 3 heteroatoms. The second kappa shape index (κ2) is 5.57. The normalized spacial score (nSPS) is 11.2. The number of pyridine rings is 1. The minimum atomic E-state index is 0.452. The summed E-state index contributed by atoms with van der Waals surface area (Å²) in [5.74, 6) is 1.08. The van der Waals surface area contributed by atoms with Crippen LogP contribution < -0.4 is 4.90 Å². The molecule has 1 heterocycles. The van der Waals surface area contributed by atoms with Crippen LogP contribution in [0.2, 0.25) is 0 Å². The van der Waals surface area contributed by atoms with Crippen molar-refractivity contribution in [2.45, 2.75) is 19.7 Å². The van der Waals surface area contributed by atoms with Gasteiger partial charge in [0, 0.05) is 24.7 Å². The molecule has 0 radical (unpaired) electrons. The number of aromatic nitrogens is 1. The van der Waals surface area contributed by atoms with Crippen LogP contribution in [0.15, 0.2) is 30.3 Å². The van der Waals surface area contributed by atoms with Gasteiger partial charge >= 0.3 is 0 Å². The monoisotopic (exact) mass is 262 g/mol. The van der Waals surface area contributed by atoms with Crippen molar-refractivity contribution in [3.05, 3.63) is 36.0 Å². The van der Waals surface area contributed by atoms with E-state index in [9.17, 15) is 0 Å². The molecule has 18 heavy (non-hydrogen) atoms. The van der Waals surface area contributed by atoms with E-state index in [1.54, 1.807) is 0 Å². The molecule has 0 aliphatic rings. The summed E-state index contributed by atoms with van der Waals surface area (Å²) in [6.45, 7) is 5.47. The molecule has 0 aliphatic carbocycles. The fourth-order valence-electron chi connectivity index (χ4n) is 2.24. The summed E-state index contributed by atoms with van der Waals surface area (Å²) in [6, 6.07) is 10.3. The summed E-state index contributed by atoms with van der Waals surface area (Å²) < 4.78 is 0. The van der Waals surface area contributed by atoms with Gasteiger partial charge in [-0.15, -0.1) is 11.6 Å². The molecule has 0 aliphatic heterocycles. The van der Waals surface area contributed by atoms with Gasteiger partial charge in [-0.1, -0.05) is 32.0 Å². The Kier molecular flexibility index (Phi) is 4.07. The molecule has 1 aromatic carbocycles. The highest BCUT2D eigenvalue weighted by Crippen LogP contribution is 2.27. The number of anilines is 1. The second-order valence-corrected chi connectivity index (χ2v) is 5.33. The summed E-state index contributed by atoms with van der Waals surface area (Å²) in [6.07, 6.45) is 0. The predicted molar refractivity (Wildman–Crippen MR) is 79.4 cm³/mol. The lowest BCUT2D eigenvalue weighted by atomic mass is 10.1. The molecule has 0 N–H and O–H groups in total. The zero-order valence-corrected chi connectivity index (χ0v) is 11.9. The van der Waals surface area contributed by atoms with Crippen molar-refractivity contribution < 1.29 is 0 Å². The summed E-state index contributed by atoms with van der Waals surface area (Å²) in [5, 5.41) is 1.19. The van der Waals surface area contributed by atoms with E-state index in [4.69, 9.17) is 11.6 Å². The lowest BCUT2D eigenvalue weighted by Crippen LogP contribution is -2.23. The summed E-state index contributed by atoms with van der Waals surface area (Å²) in [4.78, 5) is 6.84. The smallest absolute Gasteiger partial charge is 0.0726 e. The summed E-state index contributed by atoms with van der Waals surface area (Å²) in [5.41, 5.74) is 3.16. The molecule has 0 fully saturated rings. The Morgan fingerprint density at radius 3 is 2.67 bits per heavy atom. The molecular weight excluding hydrogens is 244 g/mol. The minimum Gasteiger partial charge on any atom is -0.374 e. The molecule has 96 valence electrons. The van der Waals surface area contributed by atoms with Gasteiger partial charge in [-0.05, 0) is 18.1 Å². The van der Waals surface area contributed by atoms with E-state index in [1.807, 2.05) is 12.1 Å². The first kappa shape index (κ1) is 13.2. The van der Waals surface area contributed by atoms with Crippen molar-refractivity contribution in [2.24, 2.45) is 5.92 Å². The second-order valence-electron chi connectivity index (χ2n) is 5.06.